The van der Waals surface area contributed by atoms with E-state index in [9.17, 15) is 0 Å². The van der Waals surface area contributed by atoms with Crippen LogP contribution in [0.1, 0.15) is 29.8 Å². The molecule has 0 bridgehead atoms. The number of para-hydroxylation sites is 1. The quantitative estimate of drug-likeness (QED) is 0.799. The summed E-state index contributed by atoms with van der Waals surface area (Å²) in [4.78, 5) is 4.71. The normalized spacial score (nSPS) is 12.7. The Hall–Kier alpha value is -2.20. The van der Waals surface area contributed by atoms with Crippen LogP contribution in [0.25, 0.3) is 10.9 Å². The number of hydrogen-bond acceptors (Lipinski definition) is 3. The topological polar surface area (TPSA) is 56.7 Å². The summed E-state index contributed by atoms with van der Waals surface area (Å²) in [6, 6.07) is 10.2. The average Bonchev–Trinajstić information content (AvgIpc) is 2.95. The van der Waals surface area contributed by atoms with Crippen molar-refractivity contribution >= 4 is 10.9 Å². The molecule has 21 heavy (non-hydrogen) atoms. The minimum atomic E-state index is -0.109. The van der Waals surface area contributed by atoms with Crippen molar-refractivity contribution < 1.29 is 0 Å². The van der Waals surface area contributed by atoms with Gasteiger partial charge in [0.2, 0.25) is 0 Å². The molecule has 2 heterocycles. The van der Waals surface area contributed by atoms with Gasteiger partial charge in [0.25, 0.3) is 0 Å². The van der Waals surface area contributed by atoms with Crippen molar-refractivity contribution in [3.63, 3.8) is 0 Å². The first kappa shape index (κ1) is 13.8. The summed E-state index contributed by atoms with van der Waals surface area (Å²) in [6.45, 7) is 5.06. The van der Waals surface area contributed by atoms with Crippen LogP contribution in [0.15, 0.2) is 42.7 Å². The lowest BCUT2D eigenvalue weighted by molar-refractivity contribution is 0.656. The van der Waals surface area contributed by atoms with Crippen molar-refractivity contribution in [3.8, 4) is 0 Å². The number of hydrogen-bond donors (Lipinski definition) is 1. The highest BCUT2D eigenvalue weighted by Gasteiger charge is 2.12. The molecule has 0 saturated heterocycles. The molecule has 0 aliphatic rings. The number of nitrogens with zero attached hydrogens (tertiary/aromatic N) is 3. The molecule has 0 fully saturated rings. The van der Waals surface area contributed by atoms with E-state index in [1.54, 1.807) is 0 Å². The number of fused-ring (bicyclic) bond motifs is 1. The van der Waals surface area contributed by atoms with Gasteiger partial charge in [-0.25, -0.2) is 0 Å². The zero-order chi connectivity index (χ0) is 14.8. The van der Waals surface area contributed by atoms with Gasteiger partial charge in [0, 0.05) is 18.1 Å². The van der Waals surface area contributed by atoms with Gasteiger partial charge < -0.3 is 5.73 Å². The number of pyridine rings is 1. The van der Waals surface area contributed by atoms with E-state index in [1.165, 1.54) is 10.9 Å². The van der Waals surface area contributed by atoms with Gasteiger partial charge in [0.1, 0.15) is 0 Å². The van der Waals surface area contributed by atoms with Crippen molar-refractivity contribution in [2.75, 3.05) is 0 Å². The van der Waals surface area contributed by atoms with E-state index < -0.39 is 0 Å². The van der Waals surface area contributed by atoms with Crippen LogP contribution in [-0.2, 0) is 13.0 Å². The maximum absolute atomic E-state index is 6.34. The fourth-order valence-corrected chi connectivity index (χ4v) is 2.61. The smallest absolute Gasteiger partial charge is 0.0708 e. The van der Waals surface area contributed by atoms with E-state index in [4.69, 9.17) is 10.7 Å². The molecule has 108 valence electrons. The minimum absolute atomic E-state index is 0.109. The van der Waals surface area contributed by atoms with E-state index in [-0.39, 0.29) is 6.04 Å². The van der Waals surface area contributed by atoms with E-state index in [2.05, 4.69) is 31.1 Å². The third-order valence-electron chi connectivity index (χ3n) is 3.79. The van der Waals surface area contributed by atoms with Crippen LogP contribution in [0.2, 0.25) is 0 Å². The van der Waals surface area contributed by atoms with Gasteiger partial charge >= 0.3 is 0 Å². The van der Waals surface area contributed by atoms with Crippen LogP contribution in [0, 0.1) is 6.92 Å². The highest BCUT2D eigenvalue weighted by Crippen LogP contribution is 2.21. The Morgan fingerprint density at radius 3 is 2.86 bits per heavy atom. The molecule has 1 aromatic carbocycles. The number of rotatable bonds is 4. The third-order valence-corrected chi connectivity index (χ3v) is 3.79. The molecule has 0 spiro atoms. The Kier molecular flexibility index (Phi) is 3.71. The van der Waals surface area contributed by atoms with Crippen molar-refractivity contribution in [1.29, 1.82) is 0 Å². The van der Waals surface area contributed by atoms with Crippen LogP contribution >= 0.6 is 0 Å². The highest BCUT2D eigenvalue weighted by atomic mass is 15.3. The lowest BCUT2D eigenvalue weighted by Gasteiger charge is -2.12. The molecule has 4 heteroatoms. The first-order chi connectivity index (χ1) is 10.2. The number of benzene rings is 1. The Morgan fingerprint density at radius 1 is 1.29 bits per heavy atom. The van der Waals surface area contributed by atoms with Gasteiger partial charge in [0.15, 0.2) is 0 Å². The van der Waals surface area contributed by atoms with Gasteiger partial charge in [-0.2, -0.15) is 5.10 Å². The van der Waals surface area contributed by atoms with E-state index in [0.717, 1.165) is 29.7 Å². The average molecular weight is 280 g/mol. The van der Waals surface area contributed by atoms with Gasteiger partial charge in [0.05, 0.1) is 23.4 Å². The van der Waals surface area contributed by atoms with Crippen molar-refractivity contribution in [3.05, 3.63) is 59.5 Å². The van der Waals surface area contributed by atoms with Gasteiger partial charge in [-0.3, -0.25) is 9.67 Å². The van der Waals surface area contributed by atoms with Crippen molar-refractivity contribution in [2.45, 2.75) is 32.9 Å². The van der Waals surface area contributed by atoms with Crippen molar-refractivity contribution in [1.82, 2.24) is 14.8 Å². The Morgan fingerprint density at radius 2 is 2.10 bits per heavy atom. The van der Waals surface area contributed by atoms with Gasteiger partial charge in [-0.05, 0) is 43.5 Å². The summed E-state index contributed by atoms with van der Waals surface area (Å²) in [5.41, 5.74) is 10.7. The predicted octanol–water partition coefficient (Wildman–Crippen LogP) is 3.00. The van der Waals surface area contributed by atoms with E-state index in [1.807, 2.05) is 35.3 Å². The number of nitrogens with two attached hydrogens (primary N) is 1. The lowest BCUT2D eigenvalue weighted by atomic mass is 10.0. The predicted molar refractivity (Wildman–Crippen MR) is 85.0 cm³/mol. The van der Waals surface area contributed by atoms with E-state index >= 15 is 0 Å². The summed E-state index contributed by atoms with van der Waals surface area (Å²) in [5.74, 6) is 0. The molecule has 0 saturated carbocycles. The Bertz CT molecular complexity index is 760. The molecule has 3 aromatic rings. The molecule has 1 unspecified atom stereocenters. The molecular weight excluding hydrogens is 260 g/mol. The number of aromatic nitrogens is 3. The van der Waals surface area contributed by atoms with Crippen LogP contribution in [0.3, 0.4) is 0 Å². The third kappa shape index (κ3) is 2.81. The molecule has 0 aliphatic heterocycles. The Labute approximate surface area is 124 Å². The Balaban J connectivity index is 1.88. The fraction of sp³-hybridized carbons (Fsp3) is 0.294. The number of aryl methyl sites for hydroxylation is 2. The van der Waals surface area contributed by atoms with Crippen LogP contribution in [0.5, 0.6) is 0 Å². The largest absolute Gasteiger partial charge is 0.322 e. The molecular formula is C17H20N4. The summed E-state index contributed by atoms with van der Waals surface area (Å²) in [7, 11) is 0. The molecule has 2 aromatic heterocycles. The highest BCUT2D eigenvalue weighted by molar-refractivity contribution is 5.82. The molecule has 0 aliphatic carbocycles. The molecule has 3 rings (SSSR count). The summed E-state index contributed by atoms with van der Waals surface area (Å²) in [6.07, 6.45) is 4.69. The second-order valence-electron chi connectivity index (χ2n) is 5.40. The second kappa shape index (κ2) is 5.66. The summed E-state index contributed by atoms with van der Waals surface area (Å²) in [5, 5.41) is 5.48. The second-order valence-corrected chi connectivity index (χ2v) is 5.40. The standard InChI is InChI=1S/C17H20N4/c1-3-21-11-13(10-19-21)9-15(18)17-8-12(2)14-6-4-5-7-16(14)20-17/h4-8,10-11,15H,3,9,18H2,1-2H3. The van der Waals surface area contributed by atoms with E-state index in [0.29, 0.717) is 0 Å². The summed E-state index contributed by atoms with van der Waals surface area (Å²) < 4.78 is 1.92. The first-order valence-electron chi connectivity index (χ1n) is 7.30. The molecule has 1 atom stereocenters. The minimum Gasteiger partial charge on any atom is -0.322 e. The van der Waals surface area contributed by atoms with Crippen molar-refractivity contribution in [2.24, 2.45) is 5.73 Å². The monoisotopic (exact) mass is 280 g/mol. The molecule has 0 radical (unpaired) electrons. The zero-order valence-electron chi connectivity index (χ0n) is 12.5. The summed E-state index contributed by atoms with van der Waals surface area (Å²) >= 11 is 0. The van der Waals surface area contributed by atoms with Crippen LogP contribution < -0.4 is 5.73 Å². The maximum Gasteiger partial charge on any atom is 0.0708 e. The van der Waals surface area contributed by atoms with Gasteiger partial charge in [-0.1, -0.05) is 18.2 Å². The molecule has 0 amide bonds. The lowest BCUT2D eigenvalue weighted by Crippen LogP contribution is -2.15. The fourth-order valence-electron chi connectivity index (χ4n) is 2.61. The van der Waals surface area contributed by atoms with Gasteiger partial charge in [-0.15, -0.1) is 0 Å². The SMILES string of the molecule is CCn1cc(CC(N)c2cc(C)c3ccccc3n2)cn1. The zero-order valence-corrected chi connectivity index (χ0v) is 12.5. The van der Waals surface area contributed by atoms with Crippen LogP contribution in [0.4, 0.5) is 0 Å². The van der Waals surface area contributed by atoms with Crippen LogP contribution in [-0.4, -0.2) is 14.8 Å². The first-order valence-corrected chi connectivity index (χ1v) is 7.30. The molecule has 4 nitrogen and oxygen atoms in total. The molecule has 2 N–H and O–H groups in total. The maximum atomic E-state index is 6.34.